The van der Waals surface area contributed by atoms with Gasteiger partial charge in [-0.15, -0.1) is 0 Å². The Morgan fingerprint density at radius 1 is 1.37 bits per heavy atom. The standard InChI is InChI=1S/C13H21N3O2S/c1-9-12(16-6-5-10-3-2-4-10)7-11(14)8-13(9)19(15,17)18/h7-8,10,16H,2-6,14H2,1H3,(H2,15,17,18). The van der Waals surface area contributed by atoms with Crippen molar-refractivity contribution in [3.8, 4) is 0 Å². The molecule has 1 fully saturated rings. The summed E-state index contributed by atoms with van der Waals surface area (Å²) in [4.78, 5) is 0.0960. The first-order chi connectivity index (χ1) is 8.88. The highest BCUT2D eigenvalue weighted by Crippen LogP contribution is 2.30. The summed E-state index contributed by atoms with van der Waals surface area (Å²) < 4.78 is 23.0. The Bertz CT molecular complexity index is 565. The van der Waals surface area contributed by atoms with Crippen LogP contribution in [0.25, 0.3) is 0 Å². The molecule has 1 aromatic carbocycles. The Hall–Kier alpha value is -1.27. The van der Waals surface area contributed by atoms with E-state index < -0.39 is 10.0 Å². The van der Waals surface area contributed by atoms with Gasteiger partial charge in [-0.2, -0.15) is 0 Å². The largest absolute Gasteiger partial charge is 0.399 e. The first-order valence-electron chi connectivity index (χ1n) is 6.54. The molecule has 1 saturated carbocycles. The molecule has 0 radical (unpaired) electrons. The maximum atomic E-state index is 11.5. The summed E-state index contributed by atoms with van der Waals surface area (Å²) in [6.45, 7) is 2.57. The number of primary sulfonamides is 1. The molecular formula is C13H21N3O2S. The Morgan fingerprint density at radius 3 is 2.58 bits per heavy atom. The van der Waals surface area contributed by atoms with Crippen molar-refractivity contribution in [2.24, 2.45) is 11.1 Å². The quantitative estimate of drug-likeness (QED) is 0.718. The second kappa shape index (κ2) is 5.38. The van der Waals surface area contributed by atoms with Crippen LogP contribution in [-0.2, 0) is 10.0 Å². The van der Waals surface area contributed by atoms with Gasteiger partial charge in [0.25, 0.3) is 0 Å². The van der Waals surface area contributed by atoms with Crippen LogP contribution in [0.3, 0.4) is 0 Å². The van der Waals surface area contributed by atoms with E-state index in [1.807, 2.05) is 0 Å². The zero-order chi connectivity index (χ0) is 14.0. The van der Waals surface area contributed by atoms with Crippen molar-refractivity contribution < 1.29 is 8.42 Å². The summed E-state index contributed by atoms with van der Waals surface area (Å²) in [5.74, 6) is 0.812. The van der Waals surface area contributed by atoms with Crippen molar-refractivity contribution in [1.82, 2.24) is 0 Å². The fourth-order valence-corrected chi connectivity index (χ4v) is 3.22. The average Bonchev–Trinajstić information content (AvgIpc) is 2.24. The summed E-state index contributed by atoms with van der Waals surface area (Å²) in [6, 6.07) is 3.16. The van der Waals surface area contributed by atoms with Gasteiger partial charge < -0.3 is 11.1 Å². The monoisotopic (exact) mass is 283 g/mol. The Balaban J connectivity index is 2.13. The Morgan fingerprint density at radius 2 is 2.05 bits per heavy atom. The molecule has 6 heteroatoms. The van der Waals surface area contributed by atoms with Gasteiger partial charge in [-0.3, -0.25) is 0 Å². The zero-order valence-corrected chi connectivity index (χ0v) is 12.0. The van der Waals surface area contributed by atoms with Crippen LogP contribution in [0.4, 0.5) is 11.4 Å². The van der Waals surface area contributed by atoms with Gasteiger partial charge in [-0.05, 0) is 37.0 Å². The molecule has 5 N–H and O–H groups in total. The molecule has 106 valence electrons. The lowest BCUT2D eigenvalue weighted by atomic mass is 9.83. The van der Waals surface area contributed by atoms with Crippen LogP contribution in [0, 0.1) is 12.8 Å². The van der Waals surface area contributed by atoms with E-state index in [1.165, 1.54) is 25.3 Å². The van der Waals surface area contributed by atoms with E-state index >= 15 is 0 Å². The SMILES string of the molecule is Cc1c(NCCC2CCC2)cc(N)cc1S(N)(=O)=O. The molecule has 0 aromatic heterocycles. The van der Waals surface area contributed by atoms with E-state index in [0.717, 1.165) is 24.6 Å². The summed E-state index contributed by atoms with van der Waals surface area (Å²) in [6.07, 6.45) is 5.05. The molecule has 19 heavy (non-hydrogen) atoms. The van der Waals surface area contributed by atoms with Crippen molar-refractivity contribution in [1.29, 1.82) is 0 Å². The predicted octanol–water partition coefficient (Wildman–Crippen LogP) is 1.83. The number of nitrogens with two attached hydrogens (primary N) is 2. The maximum absolute atomic E-state index is 11.5. The average molecular weight is 283 g/mol. The molecule has 0 saturated heterocycles. The molecule has 0 heterocycles. The third-order valence-electron chi connectivity index (χ3n) is 3.78. The fourth-order valence-electron chi connectivity index (χ4n) is 2.38. The molecule has 1 aliphatic rings. The van der Waals surface area contributed by atoms with Crippen LogP contribution in [0.15, 0.2) is 17.0 Å². The lowest BCUT2D eigenvalue weighted by Gasteiger charge is -2.25. The molecular weight excluding hydrogens is 262 g/mol. The molecule has 0 spiro atoms. The number of nitrogen functional groups attached to an aromatic ring is 1. The lowest BCUT2D eigenvalue weighted by Crippen LogP contribution is -2.18. The Labute approximate surface area is 114 Å². The number of rotatable bonds is 5. The summed E-state index contributed by atoms with van der Waals surface area (Å²) in [7, 11) is -3.73. The van der Waals surface area contributed by atoms with Crippen LogP contribution in [0.5, 0.6) is 0 Å². The van der Waals surface area contributed by atoms with E-state index in [9.17, 15) is 8.42 Å². The van der Waals surface area contributed by atoms with Crippen LogP contribution in [-0.4, -0.2) is 15.0 Å². The smallest absolute Gasteiger partial charge is 0.238 e. The van der Waals surface area contributed by atoms with Gasteiger partial charge in [-0.1, -0.05) is 19.3 Å². The van der Waals surface area contributed by atoms with Crippen LogP contribution >= 0.6 is 0 Å². The van der Waals surface area contributed by atoms with Crippen LogP contribution < -0.4 is 16.2 Å². The number of benzene rings is 1. The number of hydrogen-bond acceptors (Lipinski definition) is 4. The van der Waals surface area contributed by atoms with E-state index in [-0.39, 0.29) is 4.90 Å². The van der Waals surface area contributed by atoms with Crippen LogP contribution in [0.2, 0.25) is 0 Å². The minimum Gasteiger partial charge on any atom is -0.399 e. The van der Waals surface area contributed by atoms with Gasteiger partial charge in [0.1, 0.15) is 0 Å². The van der Waals surface area contributed by atoms with E-state index in [4.69, 9.17) is 10.9 Å². The molecule has 0 bridgehead atoms. The highest BCUT2D eigenvalue weighted by Gasteiger charge is 2.18. The molecule has 5 nitrogen and oxygen atoms in total. The number of hydrogen-bond donors (Lipinski definition) is 3. The molecule has 2 rings (SSSR count). The third kappa shape index (κ3) is 3.39. The summed E-state index contributed by atoms with van der Waals surface area (Å²) >= 11 is 0. The summed E-state index contributed by atoms with van der Waals surface area (Å²) in [5.41, 5.74) is 7.52. The minimum absolute atomic E-state index is 0.0960. The van der Waals surface area contributed by atoms with Gasteiger partial charge in [0.15, 0.2) is 0 Å². The van der Waals surface area contributed by atoms with E-state index in [0.29, 0.717) is 11.3 Å². The van der Waals surface area contributed by atoms with Crippen molar-refractivity contribution in [3.63, 3.8) is 0 Å². The molecule has 1 aliphatic carbocycles. The number of anilines is 2. The van der Waals surface area contributed by atoms with Gasteiger partial charge in [0.05, 0.1) is 4.90 Å². The van der Waals surface area contributed by atoms with Crippen molar-refractivity contribution in [2.75, 3.05) is 17.6 Å². The van der Waals surface area contributed by atoms with Gasteiger partial charge >= 0.3 is 0 Å². The number of nitrogens with one attached hydrogen (secondary N) is 1. The normalized spacial score (nSPS) is 16.1. The number of sulfonamides is 1. The minimum atomic E-state index is -3.73. The highest BCUT2D eigenvalue weighted by molar-refractivity contribution is 7.89. The van der Waals surface area contributed by atoms with Crippen LogP contribution in [0.1, 0.15) is 31.2 Å². The lowest BCUT2D eigenvalue weighted by molar-refractivity contribution is 0.303. The topological polar surface area (TPSA) is 98.2 Å². The maximum Gasteiger partial charge on any atom is 0.238 e. The zero-order valence-electron chi connectivity index (χ0n) is 11.1. The van der Waals surface area contributed by atoms with Crippen molar-refractivity contribution in [3.05, 3.63) is 17.7 Å². The van der Waals surface area contributed by atoms with Gasteiger partial charge in [-0.25, -0.2) is 13.6 Å². The van der Waals surface area contributed by atoms with E-state index in [1.54, 1.807) is 13.0 Å². The first-order valence-corrected chi connectivity index (χ1v) is 8.09. The fraction of sp³-hybridized carbons (Fsp3) is 0.538. The summed E-state index contributed by atoms with van der Waals surface area (Å²) in [5, 5.41) is 8.46. The van der Waals surface area contributed by atoms with Crippen molar-refractivity contribution in [2.45, 2.75) is 37.5 Å². The third-order valence-corrected chi connectivity index (χ3v) is 4.82. The predicted molar refractivity (Wildman–Crippen MR) is 77.4 cm³/mol. The van der Waals surface area contributed by atoms with Gasteiger partial charge in [0.2, 0.25) is 10.0 Å². The van der Waals surface area contributed by atoms with Gasteiger partial charge in [0, 0.05) is 17.9 Å². The Kier molecular flexibility index (Phi) is 4.01. The molecule has 0 amide bonds. The highest BCUT2D eigenvalue weighted by atomic mass is 32.2. The molecule has 1 aromatic rings. The first kappa shape index (κ1) is 14.1. The van der Waals surface area contributed by atoms with E-state index in [2.05, 4.69) is 5.32 Å². The second-order valence-corrected chi connectivity index (χ2v) is 6.78. The molecule has 0 atom stereocenters. The van der Waals surface area contributed by atoms with Crippen molar-refractivity contribution >= 4 is 21.4 Å². The molecule has 0 aliphatic heterocycles. The molecule has 0 unspecified atom stereocenters. The second-order valence-electron chi connectivity index (χ2n) is 5.25.